The molecular formula is C18H27N3OS. The van der Waals surface area contributed by atoms with Crippen LogP contribution in [0.15, 0.2) is 18.2 Å². The summed E-state index contributed by atoms with van der Waals surface area (Å²) in [6, 6.07) is 0.434. The predicted molar refractivity (Wildman–Crippen MR) is 94.4 cm³/mol. The number of nitrogens with zero attached hydrogens (tertiary/aromatic N) is 3. The molecule has 2 fully saturated rings. The quantitative estimate of drug-likeness (QED) is 0.775. The van der Waals surface area contributed by atoms with Crippen LogP contribution in [0.3, 0.4) is 0 Å². The van der Waals surface area contributed by atoms with Gasteiger partial charge in [-0.1, -0.05) is 13.0 Å². The fourth-order valence-electron chi connectivity index (χ4n) is 4.60. The lowest BCUT2D eigenvalue weighted by molar-refractivity contribution is -0.134. The zero-order valence-corrected chi connectivity index (χ0v) is 15.1. The van der Waals surface area contributed by atoms with E-state index in [-0.39, 0.29) is 5.54 Å². The Bertz CT molecular complexity index is 585. The van der Waals surface area contributed by atoms with Gasteiger partial charge in [-0.15, -0.1) is 17.9 Å². The van der Waals surface area contributed by atoms with Gasteiger partial charge >= 0.3 is 0 Å². The van der Waals surface area contributed by atoms with Crippen molar-refractivity contribution in [3.63, 3.8) is 0 Å². The van der Waals surface area contributed by atoms with Gasteiger partial charge in [0, 0.05) is 30.4 Å². The van der Waals surface area contributed by atoms with Crippen LogP contribution < -0.4 is 0 Å². The molecule has 2 saturated heterocycles. The van der Waals surface area contributed by atoms with Gasteiger partial charge in [0.15, 0.2) is 0 Å². The van der Waals surface area contributed by atoms with Crippen molar-refractivity contribution in [2.75, 3.05) is 13.1 Å². The number of carbonyl (C=O) groups is 1. The molecule has 0 aliphatic carbocycles. The zero-order valence-electron chi connectivity index (χ0n) is 14.3. The molecule has 4 nitrogen and oxygen atoms in total. The number of rotatable bonds is 5. The molecule has 0 bridgehead atoms. The highest BCUT2D eigenvalue weighted by atomic mass is 32.1. The second kappa shape index (κ2) is 6.73. The van der Waals surface area contributed by atoms with Crippen molar-refractivity contribution < 1.29 is 4.79 Å². The summed E-state index contributed by atoms with van der Waals surface area (Å²) in [5, 5.41) is 0. The van der Waals surface area contributed by atoms with E-state index in [1.54, 1.807) is 11.3 Å². The summed E-state index contributed by atoms with van der Waals surface area (Å²) in [5.74, 6) is 0.305. The summed E-state index contributed by atoms with van der Waals surface area (Å²) < 4.78 is 0. The van der Waals surface area contributed by atoms with E-state index in [1.807, 2.05) is 11.6 Å². The van der Waals surface area contributed by atoms with E-state index in [0.29, 0.717) is 24.9 Å². The molecule has 1 amide bonds. The number of carbonyl (C=O) groups excluding carboxylic acids is 1. The van der Waals surface area contributed by atoms with Gasteiger partial charge in [0.1, 0.15) is 0 Å². The Morgan fingerprint density at radius 1 is 1.52 bits per heavy atom. The molecule has 2 aliphatic heterocycles. The molecule has 0 saturated carbocycles. The molecule has 1 spiro atoms. The van der Waals surface area contributed by atoms with E-state index in [9.17, 15) is 4.79 Å². The number of thiazole rings is 1. The summed E-state index contributed by atoms with van der Waals surface area (Å²) in [4.78, 5) is 22.9. The standard InChI is InChI=1S/C18H27N3OS/c1-4-10-21-17(22)7-9-18(21)8-6-11-20(16(18)5-2)12-15-14(3)19-13-23-15/h4,13,16H,1,5-12H2,2-3H3/t16-,18-/m1/s1. The molecular weight excluding hydrogens is 306 g/mol. The lowest BCUT2D eigenvalue weighted by atomic mass is 9.77. The van der Waals surface area contributed by atoms with Gasteiger partial charge in [-0.05, 0) is 39.2 Å². The van der Waals surface area contributed by atoms with Crippen LogP contribution in [-0.4, -0.2) is 45.4 Å². The van der Waals surface area contributed by atoms with Crippen LogP contribution in [0.25, 0.3) is 0 Å². The van der Waals surface area contributed by atoms with E-state index in [1.165, 1.54) is 4.88 Å². The van der Waals surface area contributed by atoms with Crippen molar-refractivity contribution in [3.05, 3.63) is 28.7 Å². The van der Waals surface area contributed by atoms with E-state index < -0.39 is 0 Å². The normalized spacial score (nSPS) is 28.7. The average molecular weight is 334 g/mol. The second-order valence-electron chi connectivity index (χ2n) is 6.76. The highest BCUT2D eigenvalue weighted by Gasteiger charge is 2.52. The van der Waals surface area contributed by atoms with Crippen LogP contribution >= 0.6 is 11.3 Å². The van der Waals surface area contributed by atoms with Gasteiger partial charge < -0.3 is 4.90 Å². The third kappa shape index (κ3) is 2.85. The van der Waals surface area contributed by atoms with Crippen LogP contribution in [0.4, 0.5) is 0 Å². The predicted octanol–water partition coefficient (Wildman–Crippen LogP) is 3.37. The fraction of sp³-hybridized carbons (Fsp3) is 0.667. The number of hydrogen-bond donors (Lipinski definition) is 0. The number of hydrogen-bond acceptors (Lipinski definition) is 4. The molecule has 3 rings (SSSR count). The van der Waals surface area contributed by atoms with Crippen molar-refractivity contribution in [2.45, 2.75) is 64.1 Å². The maximum absolute atomic E-state index is 12.4. The van der Waals surface area contributed by atoms with Crippen LogP contribution in [0, 0.1) is 6.92 Å². The maximum Gasteiger partial charge on any atom is 0.223 e. The van der Waals surface area contributed by atoms with Gasteiger partial charge in [-0.2, -0.15) is 0 Å². The molecule has 2 aliphatic rings. The summed E-state index contributed by atoms with van der Waals surface area (Å²) >= 11 is 1.75. The van der Waals surface area contributed by atoms with Crippen LogP contribution in [0.1, 0.15) is 49.6 Å². The molecule has 0 unspecified atom stereocenters. The summed E-state index contributed by atoms with van der Waals surface area (Å²) in [5.41, 5.74) is 3.10. The molecule has 126 valence electrons. The van der Waals surface area contributed by atoms with Gasteiger partial charge in [0.05, 0.1) is 16.7 Å². The summed E-state index contributed by atoms with van der Waals surface area (Å²) in [6.45, 7) is 11.0. The minimum atomic E-state index is 0.0108. The largest absolute Gasteiger partial charge is 0.332 e. The Kier molecular flexibility index (Phi) is 4.87. The van der Waals surface area contributed by atoms with E-state index >= 15 is 0 Å². The first kappa shape index (κ1) is 16.7. The minimum absolute atomic E-state index is 0.0108. The third-order valence-corrected chi connectivity index (χ3v) is 6.54. The molecule has 0 aromatic carbocycles. The summed E-state index contributed by atoms with van der Waals surface area (Å²) in [7, 11) is 0. The topological polar surface area (TPSA) is 36.4 Å². The number of likely N-dealkylation sites (tertiary alicyclic amines) is 2. The van der Waals surface area contributed by atoms with Crippen LogP contribution in [0.2, 0.25) is 0 Å². The molecule has 23 heavy (non-hydrogen) atoms. The smallest absolute Gasteiger partial charge is 0.223 e. The van der Waals surface area contributed by atoms with E-state index in [4.69, 9.17) is 0 Å². The Morgan fingerprint density at radius 3 is 3.00 bits per heavy atom. The molecule has 0 N–H and O–H groups in total. The highest BCUT2D eigenvalue weighted by Crippen LogP contribution is 2.43. The SMILES string of the molecule is C=CCN1C(=O)CC[C@@]12CCCN(Cc1scnc1C)[C@@H]2CC. The van der Waals surface area contributed by atoms with E-state index in [2.05, 4.69) is 35.2 Å². The number of amides is 1. The lowest BCUT2D eigenvalue weighted by Crippen LogP contribution is -2.62. The van der Waals surface area contributed by atoms with Gasteiger partial charge in [0.2, 0.25) is 5.91 Å². The Labute approximate surface area is 143 Å². The van der Waals surface area contributed by atoms with Crippen molar-refractivity contribution in [2.24, 2.45) is 0 Å². The van der Waals surface area contributed by atoms with Gasteiger partial charge in [-0.25, -0.2) is 4.98 Å². The first-order chi connectivity index (χ1) is 11.1. The number of aromatic nitrogens is 1. The zero-order chi connectivity index (χ0) is 16.4. The Balaban J connectivity index is 1.87. The number of aryl methyl sites for hydroxylation is 1. The van der Waals surface area contributed by atoms with Crippen LogP contribution in [0.5, 0.6) is 0 Å². The minimum Gasteiger partial charge on any atom is -0.332 e. The van der Waals surface area contributed by atoms with Crippen molar-refractivity contribution in [1.29, 1.82) is 0 Å². The Hall–Kier alpha value is -1.20. The van der Waals surface area contributed by atoms with Crippen LogP contribution in [-0.2, 0) is 11.3 Å². The fourth-order valence-corrected chi connectivity index (χ4v) is 5.40. The first-order valence-electron chi connectivity index (χ1n) is 8.66. The molecule has 2 atom stereocenters. The molecule has 1 aromatic rings. The second-order valence-corrected chi connectivity index (χ2v) is 7.69. The van der Waals surface area contributed by atoms with Crippen molar-refractivity contribution >= 4 is 17.2 Å². The highest BCUT2D eigenvalue weighted by molar-refractivity contribution is 7.09. The lowest BCUT2D eigenvalue weighted by Gasteiger charge is -2.52. The van der Waals surface area contributed by atoms with Crippen molar-refractivity contribution in [1.82, 2.24) is 14.8 Å². The average Bonchev–Trinajstić information content (AvgIpc) is 3.07. The van der Waals surface area contributed by atoms with Crippen molar-refractivity contribution in [3.8, 4) is 0 Å². The molecule has 0 radical (unpaired) electrons. The monoisotopic (exact) mass is 333 g/mol. The summed E-state index contributed by atoms with van der Waals surface area (Å²) in [6.07, 6.45) is 6.94. The third-order valence-electron chi connectivity index (χ3n) is 5.62. The van der Waals surface area contributed by atoms with E-state index in [0.717, 1.165) is 44.5 Å². The molecule has 5 heteroatoms. The van der Waals surface area contributed by atoms with Gasteiger partial charge in [-0.3, -0.25) is 9.69 Å². The number of piperidine rings is 1. The Morgan fingerprint density at radius 2 is 2.35 bits per heavy atom. The first-order valence-corrected chi connectivity index (χ1v) is 9.54. The molecule has 1 aromatic heterocycles. The maximum atomic E-state index is 12.4. The molecule has 3 heterocycles. The van der Waals surface area contributed by atoms with Gasteiger partial charge in [0.25, 0.3) is 0 Å².